The Labute approximate surface area is 121 Å². The maximum absolute atomic E-state index is 13.5. The maximum Gasteiger partial charge on any atom is 0.204 e. The summed E-state index contributed by atoms with van der Waals surface area (Å²) in [6.07, 6.45) is -0.558. The third-order valence-electron chi connectivity index (χ3n) is 3.26. The number of hydrogen-bond donors (Lipinski definition) is 0. The Kier molecular flexibility index (Phi) is 3.49. The number of aryl methyl sites for hydroxylation is 1. The normalized spacial score (nSPS) is 17.2. The number of Topliss-reactive ketones (excluding diaryl/α,β-unsaturated/α-hetero) is 1. The van der Waals surface area contributed by atoms with E-state index < -0.39 is 6.10 Å². The molecule has 1 aliphatic rings. The molecule has 0 spiro atoms. The molecule has 2 aromatic carbocycles. The molecular weight excluding hydrogens is 275 g/mol. The van der Waals surface area contributed by atoms with Crippen molar-refractivity contribution in [1.82, 2.24) is 0 Å². The van der Waals surface area contributed by atoms with E-state index >= 15 is 0 Å². The van der Waals surface area contributed by atoms with Gasteiger partial charge >= 0.3 is 0 Å². The highest BCUT2D eigenvalue weighted by Crippen LogP contribution is 2.35. The van der Waals surface area contributed by atoms with Crippen LogP contribution in [0.15, 0.2) is 47.4 Å². The highest BCUT2D eigenvalue weighted by molar-refractivity contribution is 7.99. The van der Waals surface area contributed by atoms with Gasteiger partial charge in [-0.2, -0.15) is 0 Å². The van der Waals surface area contributed by atoms with Gasteiger partial charge < -0.3 is 4.74 Å². The predicted molar refractivity (Wildman–Crippen MR) is 77.0 cm³/mol. The second kappa shape index (κ2) is 5.29. The van der Waals surface area contributed by atoms with Gasteiger partial charge in [-0.1, -0.05) is 24.3 Å². The molecule has 0 aliphatic carbocycles. The van der Waals surface area contributed by atoms with Gasteiger partial charge in [0.15, 0.2) is 6.10 Å². The summed E-state index contributed by atoms with van der Waals surface area (Å²) in [5, 5.41) is 0. The van der Waals surface area contributed by atoms with Crippen molar-refractivity contribution in [3.63, 3.8) is 0 Å². The number of rotatable bonds is 2. The minimum absolute atomic E-state index is 0.175. The summed E-state index contributed by atoms with van der Waals surface area (Å²) in [6.45, 7) is 1.67. The average Bonchev–Trinajstić information content (AvgIpc) is 2.49. The number of para-hydroxylation sites is 1. The largest absolute Gasteiger partial charge is 0.480 e. The highest BCUT2D eigenvalue weighted by atomic mass is 32.2. The molecule has 1 unspecified atom stereocenters. The first kappa shape index (κ1) is 13.2. The van der Waals surface area contributed by atoms with Crippen molar-refractivity contribution in [3.8, 4) is 5.75 Å². The highest BCUT2D eigenvalue weighted by Gasteiger charge is 2.27. The Hall–Kier alpha value is -1.81. The van der Waals surface area contributed by atoms with Gasteiger partial charge in [-0.3, -0.25) is 4.79 Å². The molecular formula is C16H13FO2S. The van der Waals surface area contributed by atoms with Crippen LogP contribution in [0.5, 0.6) is 5.75 Å². The average molecular weight is 288 g/mol. The molecule has 102 valence electrons. The third-order valence-corrected chi connectivity index (χ3v) is 4.38. The Morgan fingerprint density at radius 1 is 1.30 bits per heavy atom. The number of fused-ring (bicyclic) bond motifs is 1. The molecule has 0 aromatic heterocycles. The number of benzene rings is 2. The second-order valence-electron chi connectivity index (χ2n) is 4.69. The van der Waals surface area contributed by atoms with Crippen molar-refractivity contribution in [2.75, 3.05) is 5.75 Å². The first-order valence-corrected chi connectivity index (χ1v) is 7.32. The van der Waals surface area contributed by atoms with E-state index in [1.165, 1.54) is 6.07 Å². The first-order chi connectivity index (χ1) is 9.65. The molecule has 2 nitrogen and oxygen atoms in total. The van der Waals surface area contributed by atoms with Gasteiger partial charge in [-0.05, 0) is 30.7 Å². The lowest BCUT2D eigenvalue weighted by atomic mass is 10.0. The van der Waals surface area contributed by atoms with Crippen LogP contribution in [0, 0.1) is 12.7 Å². The van der Waals surface area contributed by atoms with Gasteiger partial charge in [0.25, 0.3) is 0 Å². The molecule has 0 amide bonds. The van der Waals surface area contributed by atoms with Gasteiger partial charge in [0.05, 0.1) is 0 Å². The van der Waals surface area contributed by atoms with Crippen molar-refractivity contribution in [2.24, 2.45) is 0 Å². The second-order valence-corrected chi connectivity index (χ2v) is 5.75. The number of halogens is 1. The van der Waals surface area contributed by atoms with Crippen LogP contribution in [0.3, 0.4) is 0 Å². The molecule has 3 rings (SSSR count). The molecule has 0 radical (unpaired) electrons. The maximum atomic E-state index is 13.5. The van der Waals surface area contributed by atoms with Gasteiger partial charge in [-0.25, -0.2) is 4.39 Å². The van der Waals surface area contributed by atoms with Crippen LogP contribution in [-0.4, -0.2) is 17.6 Å². The first-order valence-electron chi connectivity index (χ1n) is 6.34. The molecule has 1 heterocycles. The van der Waals surface area contributed by atoms with Crippen LogP contribution >= 0.6 is 11.8 Å². The van der Waals surface area contributed by atoms with E-state index in [1.54, 1.807) is 30.8 Å². The van der Waals surface area contributed by atoms with Crippen molar-refractivity contribution >= 4 is 17.5 Å². The fourth-order valence-electron chi connectivity index (χ4n) is 2.08. The summed E-state index contributed by atoms with van der Waals surface area (Å²) < 4.78 is 19.3. The van der Waals surface area contributed by atoms with E-state index in [0.29, 0.717) is 16.9 Å². The summed E-state index contributed by atoms with van der Waals surface area (Å²) in [5.41, 5.74) is 0.893. The lowest BCUT2D eigenvalue weighted by Crippen LogP contribution is -2.32. The standard InChI is InChI=1S/C16H13FO2S/c1-10-6-7-11(8-12(10)17)16(18)14-9-20-15-5-3-2-4-13(15)19-14/h2-8,14H,9H2,1H3. The molecule has 2 aromatic rings. The van der Waals surface area contributed by atoms with Gasteiger partial charge in [0, 0.05) is 16.2 Å². The topological polar surface area (TPSA) is 26.3 Å². The molecule has 0 saturated carbocycles. The van der Waals surface area contributed by atoms with Crippen LogP contribution < -0.4 is 4.74 Å². The quantitative estimate of drug-likeness (QED) is 0.785. The van der Waals surface area contributed by atoms with Crippen LogP contribution in [0.25, 0.3) is 0 Å². The zero-order valence-corrected chi connectivity index (χ0v) is 11.7. The molecule has 1 atom stereocenters. The van der Waals surface area contributed by atoms with Crippen LogP contribution in [0.1, 0.15) is 15.9 Å². The van der Waals surface area contributed by atoms with Crippen molar-refractivity contribution in [3.05, 3.63) is 59.4 Å². The molecule has 0 bridgehead atoms. The third kappa shape index (κ3) is 2.43. The number of ether oxygens (including phenoxy) is 1. The molecule has 4 heteroatoms. The Morgan fingerprint density at radius 2 is 2.10 bits per heavy atom. The molecule has 0 fully saturated rings. The van der Waals surface area contributed by atoms with Crippen LogP contribution in [0.4, 0.5) is 4.39 Å². The molecule has 0 N–H and O–H groups in total. The lowest BCUT2D eigenvalue weighted by Gasteiger charge is -2.24. The number of thioether (sulfide) groups is 1. The van der Waals surface area contributed by atoms with Gasteiger partial charge in [0.1, 0.15) is 11.6 Å². The summed E-state index contributed by atoms with van der Waals surface area (Å²) in [7, 11) is 0. The van der Waals surface area contributed by atoms with Crippen LogP contribution in [-0.2, 0) is 0 Å². The summed E-state index contributed by atoms with van der Waals surface area (Å²) in [6, 6.07) is 12.2. The number of ketones is 1. The fourth-order valence-corrected chi connectivity index (χ4v) is 3.06. The SMILES string of the molecule is Cc1ccc(C(=O)C2CSc3ccccc3O2)cc1F. The minimum atomic E-state index is -0.558. The van der Waals surface area contributed by atoms with E-state index in [2.05, 4.69) is 0 Å². The summed E-state index contributed by atoms with van der Waals surface area (Å²) >= 11 is 1.59. The number of hydrogen-bond acceptors (Lipinski definition) is 3. The Bertz CT molecular complexity index is 669. The van der Waals surface area contributed by atoms with E-state index in [-0.39, 0.29) is 11.6 Å². The minimum Gasteiger partial charge on any atom is -0.480 e. The fraction of sp³-hybridized carbons (Fsp3) is 0.188. The zero-order chi connectivity index (χ0) is 14.1. The van der Waals surface area contributed by atoms with Crippen LogP contribution in [0.2, 0.25) is 0 Å². The lowest BCUT2D eigenvalue weighted by molar-refractivity contribution is 0.0814. The predicted octanol–water partition coefficient (Wildman–Crippen LogP) is 3.87. The smallest absolute Gasteiger partial charge is 0.204 e. The van der Waals surface area contributed by atoms with Crippen molar-refractivity contribution in [2.45, 2.75) is 17.9 Å². The zero-order valence-electron chi connectivity index (χ0n) is 10.9. The monoisotopic (exact) mass is 288 g/mol. The van der Waals surface area contributed by atoms with Crippen molar-refractivity contribution < 1.29 is 13.9 Å². The Morgan fingerprint density at radius 3 is 2.90 bits per heavy atom. The van der Waals surface area contributed by atoms with Gasteiger partial charge in [-0.15, -0.1) is 11.8 Å². The van der Waals surface area contributed by atoms with Crippen molar-refractivity contribution in [1.29, 1.82) is 0 Å². The molecule has 20 heavy (non-hydrogen) atoms. The van der Waals surface area contributed by atoms with E-state index in [9.17, 15) is 9.18 Å². The molecule has 0 saturated heterocycles. The van der Waals surface area contributed by atoms with Gasteiger partial charge in [0.2, 0.25) is 5.78 Å². The van der Waals surface area contributed by atoms with E-state index in [1.807, 2.05) is 24.3 Å². The number of carbonyl (C=O) groups is 1. The summed E-state index contributed by atoms with van der Waals surface area (Å²) in [4.78, 5) is 13.4. The molecule has 1 aliphatic heterocycles. The summed E-state index contributed by atoms with van der Waals surface area (Å²) in [5.74, 6) is 0.728. The number of carbonyl (C=O) groups excluding carboxylic acids is 1. The van der Waals surface area contributed by atoms with E-state index in [4.69, 9.17) is 4.74 Å². The Balaban J connectivity index is 1.84. The van der Waals surface area contributed by atoms with E-state index in [0.717, 1.165) is 10.6 Å².